The molecule has 1 rings (SSSR count). The highest BCUT2D eigenvalue weighted by molar-refractivity contribution is 5.29. The molecule has 102 valence electrons. The van der Waals surface area contributed by atoms with Crippen LogP contribution >= 0.6 is 0 Å². The van der Waals surface area contributed by atoms with Crippen molar-refractivity contribution in [3.05, 3.63) is 34.9 Å². The highest BCUT2D eigenvalue weighted by Gasteiger charge is 2.06. The molecule has 0 radical (unpaired) electrons. The van der Waals surface area contributed by atoms with Gasteiger partial charge in [-0.25, -0.2) is 0 Å². The van der Waals surface area contributed by atoms with Crippen molar-refractivity contribution in [2.75, 3.05) is 13.1 Å². The average molecular weight is 248 g/mol. The summed E-state index contributed by atoms with van der Waals surface area (Å²) in [5.74, 6) is 0. The number of nitrogens with one attached hydrogen (secondary N) is 2. The lowest BCUT2D eigenvalue weighted by molar-refractivity contribution is 0.418. The van der Waals surface area contributed by atoms with Gasteiger partial charge in [0.1, 0.15) is 0 Å². The van der Waals surface area contributed by atoms with Gasteiger partial charge in [-0.05, 0) is 70.8 Å². The first-order chi connectivity index (χ1) is 8.38. The van der Waals surface area contributed by atoms with Crippen LogP contribution in [0, 0.1) is 13.8 Å². The van der Waals surface area contributed by atoms with E-state index in [0.29, 0.717) is 0 Å². The molecule has 0 aliphatic rings. The number of rotatable bonds is 6. The van der Waals surface area contributed by atoms with Gasteiger partial charge in [-0.15, -0.1) is 0 Å². The number of aryl methyl sites for hydroxylation is 2. The maximum atomic E-state index is 3.50. The Hall–Kier alpha value is -0.860. The van der Waals surface area contributed by atoms with Gasteiger partial charge in [0.05, 0.1) is 0 Å². The van der Waals surface area contributed by atoms with Crippen molar-refractivity contribution < 1.29 is 0 Å². The SMILES string of the molecule is Cc1ccc(CNCCCNC(C)(C)C)cc1C. The van der Waals surface area contributed by atoms with E-state index >= 15 is 0 Å². The zero-order chi connectivity index (χ0) is 13.6. The Labute approximate surface area is 112 Å². The van der Waals surface area contributed by atoms with Gasteiger partial charge in [0.2, 0.25) is 0 Å². The molecule has 0 atom stereocenters. The van der Waals surface area contributed by atoms with Crippen LogP contribution in [0.25, 0.3) is 0 Å². The molecule has 1 aromatic carbocycles. The van der Waals surface area contributed by atoms with Crippen LogP contribution in [0.1, 0.15) is 43.9 Å². The molecule has 0 spiro atoms. The van der Waals surface area contributed by atoms with E-state index in [2.05, 4.69) is 63.5 Å². The second kappa shape index (κ2) is 6.91. The second-order valence-electron chi connectivity index (χ2n) is 6.13. The first-order valence-electron chi connectivity index (χ1n) is 6.90. The molecule has 0 aromatic heterocycles. The summed E-state index contributed by atoms with van der Waals surface area (Å²) in [5.41, 5.74) is 4.35. The zero-order valence-electron chi connectivity index (χ0n) is 12.6. The van der Waals surface area contributed by atoms with E-state index in [4.69, 9.17) is 0 Å². The summed E-state index contributed by atoms with van der Waals surface area (Å²) in [7, 11) is 0. The largest absolute Gasteiger partial charge is 0.313 e. The van der Waals surface area contributed by atoms with Crippen molar-refractivity contribution >= 4 is 0 Å². The fourth-order valence-corrected chi connectivity index (χ4v) is 1.82. The van der Waals surface area contributed by atoms with Crippen LogP contribution in [0.15, 0.2) is 18.2 Å². The molecule has 2 N–H and O–H groups in total. The molecule has 2 nitrogen and oxygen atoms in total. The predicted molar refractivity (Wildman–Crippen MR) is 80.0 cm³/mol. The Morgan fingerprint density at radius 3 is 2.33 bits per heavy atom. The monoisotopic (exact) mass is 248 g/mol. The Balaban J connectivity index is 2.16. The predicted octanol–water partition coefficient (Wildman–Crippen LogP) is 3.17. The molecule has 0 fully saturated rings. The van der Waals surface area contributed by atoms with Crippen LogP contribution < -0.4 is 10.6 Å². The van der Waals surface area contributed by atoms with Gasteiger partial charge in [-0.1, -0.05) is 18.2 Å². The smallest absolute Gasteiger partial charge is 0.0205 e. The summed E-state index contributed by atoms with van der Waals surface area (Å²) < 4.78 is 0. The number of hydrogen-bond acceptors (Lipinski definition) is 2. The average Bonchev–Trinajstić information content (AvgIpc) is 2.26. The van der Waals surface area contributed by atoms with E-state index in [0.717, 1.165) is 19.6 Å². The zero-order valence-corrected chi connectivity index (χ0v) is 12.6. The van der Waals surface area contributed by atoms with E-state index in [1.807, 2.05) is 0 Å². The summed E-state index contributed by atoms with van der Waals surface area (Å²) in [6, 6.07) is 6.69. The van der Waals surface area contributed by atoms with Gasteiger partial charge >= 0.3 is 0 Å². The van der Waals surface area contributed by atoms with E-state index in [9.17, 15) is 0 Å². The lowest BCUT2D eigenvalue weighted by Crippen LogP contribution is -2.37. The third-order valence-corrected chi connectivity index (χ3v) is 3.09. The lowest BCUT2D eigenvalue weighted by atomic mass is 10.1. The third kappa shape index (κ3) is 6.18. The second-order valence-corrected chi connectivity index (χ2v) is 6.13. The minimum absolute atomic E-state index is 0.230. The molecule has 0 heterocycles. The van der Waals surface area contributed by atoms with E-state index in [1.54, 1.807) is 0 Å². The third-order valence-electron chi connectivity index (χ3n) is 3.09. The molecular formula is C16H28N2. The van der Waals surface area contributed by atoms with Crippen molar-refractivity contribution in [3.63, 3.8) is 0 Å². The summed E-state index contributed by atoms with van der Waals surface area (Å²) >= 11 is 0. The van der Waals surface area contributed by atoms with Crippen LogP contribution in [0.5, 0.6) is 0 Å². The topological polar surface area (TPSA) is 24.1 Å². The molecule has 18 heavy (non-hydrogen) atoms. The van der Waals surface area contributed by atoms with Gasteiger partial charge in [-0.2, -0.15) is 0 Å². The molecule has 0 saturated carbocycles. The van der Waals surface area contributed by atoms with E-state index in [-0.39, 0.29) is 5.54 Å². The molecule has 0 unspecified atom stereocenters. The van der Waals surface area contributed by atoms with Gasteiger partial charge < -0.3 is 10.6 Å². The van der Waals surface area contributed by atoms with Crippen molar-refractivity contribution in [1.29, 1.82) is 0 Å². The Morgan fingerprint density at radius 1 is 1.00 bits per heavy atom. The summed E-state index contributed by atoms with van der Waals surface area (Å²) in [6.45, 7) is 14.0. The molecule has 1 aromatic rings. The van der Waals surface area contributed by atoms with Gasteiger partial charge in [0.25, 0.3) is 0 Å². The molecule has 0 amide bonds. The van der Waals surface area contributed by atoms with Crippen LogP contribution in [0.3, 0.4) is 0 Å². The molecule has 0 aliphatic carbocycles. The highest BCUT2D eigenvalue weighted by atomic mass is 14.9. The Bertz CT molecular complexity index is 364. The lowest BCUT2D eigenvalue weighted by Gasteiger charge is -2.20. The minimum atomic E-state index is 0.230. The summed E-state index contributed by atoms with van der Waals surface area (Å²) in [4.78, 5) is 0. The maximum absolute atomic E-state index is 3.50. The van der Waals surface area contributed by atoms with Crippen LogP contribution in [0.2, 0.25) is 0 Å². The van der Waals surface area contributed by atoms with Crippen molar-refractivity contribution in [2.24, 2.45) is 0 Å². The van der Waals surface area contributed by atoms with E-state index in [1.165, 1.54) is 23.1 Å². The van der Waals surface area contributed by atoms with Gasteiger partial charge in [0.15, 0.2) is 0 Å². The number of hydrogen-bond donors (Lipinski definition) is 2. The molecular weight excluding hydrogens is 220 g/mol. The van der Waals surface area contributed by atoms with Crippen LogP contribution in [0.4, 0.5) is 0 Å². The normalized spacial score (nSPS) is 11.8. The summed E-state index contributed by atoms with van der Waals surface area (Å²) in [6.07, 6.45) is 1.17. The fourth-order valence-electron chi connectivity index (χ4n) is 1.82. The van der Waals surface area contributed by atoms with Gasteiger partial charge in [0, 0.05) is 12.1 Å². The Kier molecular flexibility index (Phi) is 5.83. The van der Waals surface area contributed by atoms with Crippen molar-refractivity contribution in [3.8, 4) is 0 Å². The quantitative estimate of drug-likeness (QED) is 0.756. The Morgan fingerprint density at radius 2 is 1.72 bits per heavy atom. The highest BCUT2D eigenvalue weighted by Crippen LogP contribution is 2.09. The standard InChI is InChI=1S/C16H28N2/c1-13-7-8-15(11-14(13)2)12-17-9-6-10-18-16(3,4)5/h7-8,11,17-18H,6,9-10,12H2,1-5H3. The van der Waals surface area contributed by atoms with Crippen LogP contribution in [-0.4, -0.2) is 18.6 Å². The minimum Gasteiger partial charge on any atom is -0.313 e. The molecule has 0 saturated heterocycles. The first-order valence-corrected chi connectivity index (χ1v) is 6.90. The van der Waals surface area contributed by atoms with E-state index < -0.39 is 0 Å². The fraction of sp³-hybridized carbons (Fsp3) is 0.625. The first kappa shape index (κ1) is 15.2. The molecule has 2 heteroatoms. The molecule has 0 bridgehead atoms. The molecule has 0 aliphatic heterocycles. The number of benzene rings is 1. The summed E-state index contributed by atoms with van der Waals surface area (Å²) in [5, 5.41) is 6.99. The maximum Gasteiger partial charge on any atom is 0.0205 e. The van der Waals surface area contributed by atoms with Crippen molar-refractivity contribution in [1.82, 2.24) is 10.6 Å². The van der Waals surface area contributed by atoms with Crippen molar-refractivity contribution in [2.45, 2.75) is 53.1 Å². The van der Waals surface area contributed by atoms with Gasteiger partial charge in [-0.3, -0.25) is 0 Å². The van der Waals surface area contributed by atoms with Crippen LogP contribution in [-0.2, 0) is 6.54 Å².